The van der Waals surface area contributed by atoms with Gasteiger partial charge in [-0.05, 0) is 23.8 Å². The van der Waals surface area contributed by atoms with Crippen LogP contribution in [0.5, 0.6) is 5.75 Å². The zero-order valence-corrected chi connectivity index (χ0v) is 12.8. The highest BCUT2D eigenvalue weighted by Gasteiger charge is 2.18. The Bertz CT molecular complexity index is 572. The second kappa shape index (κ2) is 6.42. The number of methoxy groups -OCH3 is 1. The highest BCUT2D eigenvalue weighted by atomic mass is 79.9. The van der Waals surface area contributed by atoms with Crippen molar-refractivity contribution in [2.75, 3.05) is 7.11 Å². The van der Waals surface area contributed by atoms with Gasteiger partial charge in [-0.25, -0.2) is 0 Å². The van der Waals surface area contributed by atoms with Crippen molar-refractivity contribution in [3.05, 3.63) is 63.1 Å². The molecule has 19 heavy (non-hydrogen) atoms. The Labute approximate surface area is 126 Å². The molecule has 2 aromatic carbocycles. The van der Waals surface area contributed by atoms with E-state index in [0.29, 0.717) is 22.8 Å². The van der Waals surface area contributed by atoms with Crippen molar-refractivity contribution in [3.63, 3.8) is 0 Å². The van der Waals surface area contributed by atoms with Gasteiger partial charge < -0.3 is 9.84 Å². The van der Waals surface area contributed by atoms with Crippen molar-refractivity contribution in [3.8, 4) is 5.75 Å². The summed E-state index contributed by atoms with van der Waals surface area (Å²) in [5, 5.41) is 10.9. The number of ether oxygens (including phenoxy) is 1. The van der Waals surface area contributed by atoms with E-state index < -0.39 is 6.10 Å². The van der Waals surface area contributed by atoms with Crippen molar-refractivity contribution in [1.29, 1.82) is 0 Å². The highest BCUT2D eigenvalue weighted by molar-refractivity contribution is 9.10. The molecule has 2 rings (SSSR count). The smallest absolute Gasteiger partial charge is 0.126 e. The van der Waals surface area contributed by atoms with Crippen LogP contribution in [0.15, 0.2) is 46.9 Å². The van der Waals surface area contributed by atoms with E-state index in [4.69, 9.17) is 16.3 Å². The summed E-state index contributed by atoms with van der Waals surface area (Å²) in [7, 11) is 1.57. The topological polar surface area (TPSA) is 29.5 Å². The number of aliphatic hydroxyl groups is 1. The molecule has 0 saturated carbocycles. The molecule has 0 spiro atoms. The van der Waals surface area contributed by atoms with Gasteiger partial charge in [-0.3, -0.25) is 0 Å². The summed E-state index contributed by atoms with van der Waals surface area (Å²) in [6.45, 7) is 0. The first-order chi connectivity index (χ1) is 9.13. The third-order valence-electron chi connectivity index (χ3n) is 2.94. The number of aliphatic hydroxyl groups excluding tert-OH is 1. The Morgan fingerprint density at radius 1 is 1.21 bits per heavy atom. The van der Waals surface area contributed by atoms with E-state index in [9.17, 15) is 5.11 Å². The minimum Gasteiger partial charge on any atom is -0.496 e. The Morgan fingerprint density at radius 3 is 2.63 bits per heavy atom. The average Bonchev–Trinajstić information content (AvgIpc) is 2.40. The molecular formula is C15H14BrClO2. The van der Waals surface area contributed by atoms with Crippen LogP contribution in [-0.2, 0) is 6.42 Å². The molecule has 0 aliphatic heterocycles. The van der Waals surface area contributed by atoms with E-state index in [1.54, 1.807) is 25.3 Å². The average molecular weight is 342 g/mol. The van der Waals surface area contributed by atoms with Gasteiger partial charge >= 0.3 is 0 Å². The molecule has 0 bridgehead atoms. The summed E-state index contributed by atoms with van der Waals surface area (Å²) < 4.78 is 6.23. The minimum absolute atomic E-state index is 0.474. The maximum atomic E-state index is 10.4. The fourth-order valence-electron chi connectivity index (χ4n) is 1.99. The van der Waals surface area contributed by atoms with Crippen molar-refractivity contribution in [2.45, 2.75) is 12.5 Å². The van der Waals surface area contributed by atoms with Crippen LogP contribution < -0.4 is 4.74 Å². The predicted octanol–water partition coefficient (Wildman–Crippen LogP) is 4.39. The maximum absolute atomic E-state index is 10.4. The maximum Gasteiger partial charge on any atom is 0.126 e. The van der Waals surface area contributed by atoms with Crippen molar-refractivity contribution >= 4 is 27.5 Å². The van der Waals surface area contributed by atoms with Crippen LogP contribution in [0, 0.1) is 0 Å². The first-order valence-corrected chi connectivity index (χ1v) is 7.04. The molecule has 1 unspecified atom stereocenters. The first-order valence-electron chi connectivity index (χ1n) is 5.87. The lowest BCUT2D eigenvalue weighted by atomic mass is 10.0. The molecule has 2 aromatic rings. The minimum atomic E-state index is -0.706. The Hall–Kier alpha value is -1.03. The van der Waals surface area contributed by atoms with Crippen molar-refractivity contribution < 1.29 is 9.84 Å². The second-order valence-electron chi connectivity index (χ2n) is 4.17. The standard InChI is InChI=1S/C15H14BrClO2/c1-19-14-8-4-7-12(17)15(14)13(18)9-10-5-2-3-6-11(10)16/h2-8,13,18H,9H2,1H3. The third kappa shape index (κ3) is 3.30. The Kier molecular flexibility index (Phi) is 4.86. The quantitative estimate of drug-likeness (QED) is 0.894. The molecule has 100 valence electrons. The van der Waals surface area contributed by atoms with Crippen molar-refractivity contribution in [1.82, 2.24) is 0 Å². The van der Waals surface area contributed by atoms with Crippen LogP contribution in [0.2, 0.25) is 5.02 Å². The molecule has 0 aromatic heterocycles. The molecule has 2 nitrogen and oxygen atoms in total. The summed E-state index contributed by atoms with van der Waals surface area (Å²) in [6, 6.07) is 13.2. The number of hydrogen-bond donors (Lipinski definition) is 1. The molecule has 0 amide bonds. The number of benzene rings is 2. The third-order valence-corrected chi connectivity index (χ3v) is 4.04. The van der Waals surface area contributed by atoms with E-state index in [1.807, 2.05) is 24.3 Å². The molecule has 0 heterocycles. The van der Waals surface area contributed by atoms with E-state index in [0.717, 1.165) is 10.0 Å². The fraction of sp³-hybridized carbons (Fsp3) is 0.200. The van der Waals surface area contributed by atoms with Gasteiger partial charge in [0.15, 0.2) is 0 Å². The summed E-state index contributed by atoms with van der Waals surface area (Å²) >= 11 is 9.63. The van der Waals surface area contributed by atoms with Gasteiger partial charge in [-0.1, -0.05) is 51.8 Å². The lowest BCUT2D eigenvalue weighted by Gasteiger charge is -2.17. The molecule has 0 aliphatic carbocycles. The lowest BCUT2D eigenvalue weighted by molar-refractivity contribution is 0.174. The van der Waals surface area contributed by atoms with Crippen LogP contribution in [0.25, 0.3) is 0 Å². The molecule has 1 atom stereocenters. The van der Waals surface area contributed by atoms with Gasteiger partial charge in [0.05, 0.1) is 18.2 Å². The zero-order valence-electron chi connectivity index (χ0n) is 10.4. The van der Waals surface area contributed by atoms with E-state index >= 15 is 0 Å². The molecule has 0 aliphatic rings. The molecule has 0 saturated heterocycles. The zero-order chi connectivity index (χ0) is 13.8. The largest absolute Gasteiger partial charge is 0.496 e. The SMILES string of the molecule is COc1cccc(Cl)c1C(O)Cc1ccccc1Br. The second-order valence-corrected chi connectivity index (χ2v) is 5.43. The summed E-state index contributed by atoms with van der Waals surface area (Å²) in [5.41, 5.74) is 1.65. The van der Waals surface area contributed by atoms with Gasteiger partial charge in [-0.2, -0.15) is 0 Å². The monoisotopic (exact) mass is 340 g/mol. The van der Waals surface area contributed by atoms with E-state index in [2.05, 4.69) is 15.9 Å². The summed E-state index contributed by atoms with van der Waals surface area (Å²) in [5.74, 6) is 0.604. The van der Waals surface area contributed by atoms with Gasteiger partial charge in [0.25, 0.3) is 0 Å². The normalized spacial score (nSPS) is 12.2. The van der Waals surface area contributed by atoms with Crippen LogP contribution in [0.4, 0.5) is 0 Å². The number of hydrogen-bond acceptors (Lipinski definition) is 2. The molecule has 0 radical (unpaired) electrons. The van der Waals surface area contributed by atoms with Gasteiger partial charge in [-0.15, -0.1) is 0 Å². The summed E-state index contributed by atoms with van der Waals surface area (Å²) in [6.07, 6.45) is -0.232. The van der Waals surface area contributed by atoms with E-state index in [-0.39, 0.29) is 0 Å². The molecule has 0 fully saturated rings. The van der Waals surface area contributed by atoms with Crippen LogP contribution >= 0.6 is 27.5 Å². The van der Waals surface area contributed by atoms with Crippen LogP contribution in [-0.4, -0.2) is 12.2 Å². The first kappa shape index (κ1) is 14.4. The van der Waals surface area contributed by atoms with Gasteiger partial charge in [0, 0.05) is 16.5 Å². The molecule has 4 heteroatoms. The Balaban J connectivity index is 2.30. The Morgan fingerprint density at radius 2 is 1.95 bits per heavy atom. The van der Waals surface area contributed by atoms with Crippen molar-refractivity contribution in [2.24, 2.45) is 0 Å². The predicted molar refractivity (Wildman–Crippen MR) is 80.8 cm³/mol. The van der Waals surface area contributed by atoms with Gasteiger partial charge in [0.1, 0.15) is 5.75 Å². The lowest BCUT2D eigenvalue weighted by Crippen LogP contribution is -2.05. The van der Waals surface area contributed by atoms with E-state index in [1.165, 1.54) is 0 Å². The fourth-order valence-corrected chi connectivity index (χ4v) is 2.73. The highest BCUT2D eigenvalue weighted by Crippen LogP contribution is 2.34. The summed E-state index contributed by atoms with van der Waals surface area (Å²) in [4.78, 5) is 0. The molecular weight excluding hydrogens is 328 g/mol. The number of rotatable bonds is 4. The van der Waals surface area contributed by atoms with Crippen LogP contribution in [0.1, 0.15) is 17.2 Å². The van der Waals surface area contributed by atoms with Crippen LogP contribution in [0.3, 0.4) is 0 Å². The molecule has 1 N–H and O–H groups in total. The number of halogens is 2. The van der Waals surface area contributed by atoms with Gasteiger partial charge in [0.2, 0.25) is 0 Å².